The van der Waals surface area contributed by atoms with Crippen LogP contribution in [0.3, 0.4) is 0 Å². The van der Waals surface area contributed by atoms with Crippen molar-refractivity contribution in [3.05, 3.63) is 64.2 Å². The third-order valence-corrected chi connectivity index (χ3v) is 7.32. The Morgan fingerprint density at radius 1 is 1.20 bits per heavy atom. The first-order valence-corrected chi connectivity index (χ1v) is 11.5. The second-order valence-electron chi connectivity index (χ2n) is 7.24. The Morgan fingerprint density at radius 2 is 1.93 bits per heavy atom. The van der Waals surface area contributed by atoms with Crippen LogP contribution in [0.15, 0.2) is 52.9 Å². The zero-order chi connectivity index (χ0) is 21.1. The van der Waals surface area contributed by atoms with E-state index < -0.39 is 4.92 Å². The summed E-state index contributed by atoms with van der Waals surface area (Å²) in [6.07, 6.45) is 0. The van der Waals surface area contributed by atoms with Gasteiger partial charge in [0.15, 0.2) is 4.34 Å². The Morgan fingerprint density at radius 3 is 2.63 bits per heavy atom. The summed E-state index contributed by atoms with van der Waals surface area (Å²) in [5.74, 6) is 0.115. The van der Waals surface area contributed by atoms with E-state index in [1.54, 1.807) is 6.07 Å². The molecule has 2 aromatic carbocycles. The molecule has 1 saturated heterocycles. The fourth-order valence-corrected chi connectivity index (χ4v) is 5.81. The van der Waals surface area contributed by atoms with Gasteiger partial charge in [-0.25, -0.2) is 4.98 Å². The number of fused-ring (bicyclic) bond motifs is 1. The molecule has 4 rings (SSSR count). The number of rotatable bonds is 6. The van der Waals surface area contributed by atoms with Crippen molar-refractivity contribution >= 4 is 44.9 Å². The molecular weight excluding hydrogens is 420 g/mol. The summed E-state index contributed by atoms with van der Waals surface area (Å²) in [5.41, 5.74) is 2.07. The minimum Gasteiger partial charge on any atom is -0.339 e. The molecule has 1 atom stereocenters. The van der Waals surface area contributed by atoms with Crippen molar-refractivity contribution in [1.82, 2.24) is 14.8 Å². The predicted molar refractivity (Wildman–Crippen MR) is 120 cm³/mol. The molecule has 1 fully saturated rings. The van der Waals surface area contributed by atoms with Crippen LogP contribution < -0.4 is 0 Å². The van der Waals surface area contributed by atoms with Crippen LogP contribution in [0.2, 0.25) is 0 Å². The van der Waals surface area contributed by atoms with Crippen LogP contribution in [0.5, 0.6) is 0 Å². The number of aromatic nitrogens is 1. The Kier molecular flexibility index (Phi) is 6.31. The molecule has 0 N–H and O–H groups in total. The summed E-state index contributed by atoms with van der Waals surface area (Å²) in [6.45, 7) is 5.99. The Hall–Kier alpha value is -2.49. The van der Waals surface area contributed by atoms with Crippen molar-refractivity contribution in [2.24, 2.45) is 0 Å². The molecule has 3 aromatic rings. The van der Waals surface area contributed by atoms with E-state index in [0.29, 0.717) is 0 Å². The van der Waals surface area contributed by atoms with E-state index in [2.05, 4.69) is 22.0 Å². The highest BCUT2D eigenvalue weighted by Gasteiger charge is 2.26. The van der Waals surface area contributed by atoms with Gasteiger partial charge in [0.2, 0.25) is 5.91 Å². The smallest absolute Gasteiger partial charge is 0.270 e. The number of thioether (sulfide) groups is 1. The number of nitro benzene ring substituents is 1. The van der Waals surface area contributed by atoms with E-state index in [1.165, 1.54) is 40.8 Å². The van der Waals surface area contributed by atoms with Gasteiger partial charge in [0.25, 0.3) is 5.69 Å². The number of hydrogen-bond acceptors (Lipinski definition) is 7. The lowest BCUT2D eigenvalue weighted by Gasteiger charge is -2.35. The second kappa shape index (κ2) is 9.11. The molecule has 1 aliphatic rings. The quantitative estimate of drug-likeness (QED) is 0.326. The highest BCUT2D eigenvalue weighted by Crippen LogP contribution is 2.34. The third-order valence-electron chi connectivity index (χ3n) is 5.12. The van der Waals surface area contributed by atoms with Crippen molar-refractivity contribution in [2.75, 3.05) is 26.2 Å². The maximum Gasteiger partial charge on any atom is 0.270 e. The number of carbonyl (C=O) groups is 1. The van der Waals surface area contributed by atoms with Gasteiger partial charge in [-0.1, -0.05) is 42.1 Å². The van der Waals surface area contributed by atoms with Crippen LogP contribution >= 0.6 is 23.1 Å². The molecule has 0 aliphatic carbocycles. The van der Waals surface area contributed by atoms with Crippen molar-refractivity contribution in [3.8, 4) is 0 Å². The molecule has 1 aliphatic heterocycles. The maximum atomic E-state index is 12.9. The van der Waals surface area contributed by atoms with Crippen molar-refractivity contribution < 1.29 is 9.72 Å². The van der Waals surface area contributed by atoms with Gasteiger partial charge >= 0.3 is 0 Å². The first kappa shape index (κ1) is 20.8. The van der Waals surface area contributed by atoms with E-state index in [4.69, 9.17) is 0 Å². The summed E-state index contributed by atoms with van der Waals surface area (Å²) in [4.78, 5) is 32.3. The number of amides is 1. The highest BCUT2D eigenvalue weighted by molar-refractivity contribution is 8.02. The topological polar surface area (TPSA) is 79.6 Å². The molecule has 7 nitrogen and oxygen atoms in total. The Balaban J connectivity index is 1.33. The molecule has 9 heteroatoms. The normalized spacial score (nSPS) is 16.0. The van der Waals surface area contributed by atoms with Gasteiger partial charge in [-0.3, -0.25) is 19.8 Å². The number of carbonyl (C=O) groups excluding carboxylic acids is 1. The second-order valence-corrected chi connectivity index (χ2v) is 9.85. The van der Waals surface area contributed by atoms with Gasteiger partial charge < -0.3 is 4.90 Å². The fourth-order valence-electron chi connectivity index (χ4n) is 3.48. The minimum absolute atomic E-state index is 0.0557. The van der Waals surface area contributed by atoms with Gasteiger partial charge in [0.1, 0.15) is 0 Å². The first-order chi connectivity index (χ1) is 14.5. The summed E-state index contributed by atoms with van der Waals surface area (Å²) >= 11 is 2.81. The zero-order valence-electron chi connectivity index (χ0n) is 16.6. The van der Waals surface area contributed by atoms with E-state index in [-0.39, 0.29) is 16.8 Å². The van der Waals surface area contributed by atoms with Crippen LogP contribution in [0, 0.1) is 10.1 Å². The molecule has 0 spiro atoms. The van der Waals surface area contributed by atoms with Crippen LogP contribution in [0.1, 0.15) is 12.5 Å². The monoisotopic (exact) mass is 442 g/mol. The zero-order valence-corrected chi connectivity index (χ0v) is 18.2. The molecule has 30 heavy (non-hydrogen) atoms. The van der Waals surface area contributed by atoms with E-state index in [1.807, 2.05) is 30.0 Å². The number of nitrogens with zero attached hydrogens (tertiary/aromatic N) is 4. The summed E-state index contributed by atoms with van der Waals surface area (Å²) in [5, 5.41) is 10.7. The predicted octanol–water partition coefficient (Wildman–Crippen LogP) is 4.03. The molecule has 0 bridgehead atoms. The van der Waals surface area contributed by atoms with Gasteiger partial charge in [-0.05, 0) is 18.6 Å². The van der Waals surface area contributed by atoms with Crippen molar-refractivity contribution in [2.45, 2.75) is 23.1 Å². The summed E-state index contributed by atoms with van der Waals surface area (Å²) in [7, 11) is 0. The van der Waals surface area contributed by atoms with Gasteiger partial charge in [-0.15, -0.1) is 11.3 Å². The average molecular weight is 443 g/mol. The molecule has 156 valence electrons. The van der Waals surface area contributed by atoms with Crippen molar-refractivity contribution in [1.29, 1.82) is 0 Å². The van der Waals surface area contributed by atoms with Crippen LogP contribution in [-0.4, -0.2) is 57.0 Å². The lowest BCUT2D eigenvalue weighted by atomic mass is 10.2. The fraction of sp³-hybridized carbons (Fsp3) is 0.333. The van der Waals surface area contributed by atoms with Crippen LogP contribution in [0.4, 0.5) is 5.69 Å². The molecule has 0 saturated carbocycles. The molecular formula is C21H22N4O3S2. The number of piperazine rings is 1. The SMILES string of the molecule is C[C@@H](Sc1nc2ccc([N+](=O)[O-])cc2s1)C(=O)N1CCN(Cc2ccccc2)CC1. The molecule has 1 aromatic heterocycles. The van der Waals surface area contributed by atoms with Crippen LogP contribution in [0.25, 0.3) is 10.2 Å². The Bertz CT molecular complexity index is 1050. The number of benzene rings is 2. The Labute approximate surface area is 182 Å². The maximum absolute atomic E-state index is 12.9. The van der Waals surface area contributed by atoms with Gasteiger partial charge in [0.05, 0.1) is 20.4 Å². The van der Waals surface area contributed by atoms with E-state index >= 15 is 0 Å². The van der Waals surface area contributed by atoms with Crippen LogP contribution in [-0.2, 0) is 11.3 Å². The third kappa shape index (κ3) is 4.80. The lowest BCUT2D eigenvalue weighted by molar-refractivity contribution is -0.384. The number of nitro groups is 1. The highest BCUT2D eigenvalue weighted by atomic mass is 32.2. The standard InChI is InChI=1S/C21H22N4O3S2/c1-15(29-21-22-18-8-7-17(25(27)28)13-19(18)30-21)20(26)24-11-9-23(10-12-24)14-16-5-3-2-4-6-16/h2-8,13,15H,9-12,14H2,1H3/t15-/m1/s1. The average Bonchev–Trinajstić information content (AvgIpc) is 3.16. The van der Waals surface area contributed by atoms with Crippen molar-refractivity contribution in [3.63, 3.8) is 0 Å². The molecule has 2 heterocycles. The first-order valence-electron chi connectivity index (χ1n) is 9.76. The van der Waals surface area contributed by atoms with E-state index in [9.17, 15) is 14.9 Å². The number of thiazole rings is 1. The molecule has 0 radical (unpaired) electrons. The molecule has 1 amide bonds. The van der Waals surface area contributed by atoms with Gasteiger partial charge in [-0.2, -0.15) is 0 Å². The number of hydrogen-bond donors (Lipinski definition) is 0. The molecule has 0 unspecified atom stereocenters. The minimum atomic E-state index is -0.407. The summed E-state index contributed by atoms with van der Waals surface area (Å²) < 4.78 is 1.52. The van der Waals surface area contributed by atoms with E-state index in [0.717, 1.165) is 47.3 Å². The number of non-ortho nitro benzene ring substituents is 1. The van der Waals surface area contributed by atoms with Gasteiger partial charge in [0, 0.05) is 44.9 Å². The lowest BCUT2D eigenvalue weighted by Crippen LogP contribution is -2.50. The largest absolute Gasteiger partial charge is 0.339 e. The summed E-state index contributed by atoms with van der Waals surface area (Å²) in [6, 6.07) is 15.0.